The fraction of sp³-hybridized carbons (Fsp3) is 0.909. The van der Waals surface area contributed by atoms with Gasteiger partial charge >= 0.3 is 5.97 Å². The summed E-state index contributed by atoms with van der Waals surface area (Å²) in [6.07, 6.45) is -0.104. The molecule has 0 bridgehead atoms. The Labute approximate surface area is 95.0 Å². The summed E-state index contributed by atoms with van der Waals surface area (Å²) in [6.45, 7) is 6.93. The van der Waals surface area contributed by atoms with Crippen LogP contribution in [-0.4, -0.2) is 36.4 Å². The molecular weight excluding hydrogens is 212 g/mol. The first kappa shape index (κ1) is 11.8. The van der Waals surface area contributed by atoms with Gasteiger partial charge in [-0.05, 0) is 20.8 Å². The van der Waals surface area contributed by atoms with Gasteiger partial charge in [0, 0.05) is 13.3 Å². The van der Waals surface area contributed by atoms with Crippen LogP contribution in [0, 0.1) is 0 Å². The number of fused-ring (bicyclic) bond motifs is 1. The molecule has 0 aromatic heterocycles. The van der Waals surface area contributed by atoms with Gasteiger partial charge in [0.15, 0.2) is 12.1 Å². The number of ether oxygens (including phenoxy) is 4. The molecule has 2 fully saturated rings. The molecule has 2 aliphatic heterocycles. The van der Waals surface area contributed by atoms with E-state index in [1.807, 2.05) is 20.8 Å². The van der Waals surface area contributed by atoms with Crippen molar-refractivity contribution in [2.45, 2.75) is 64.5 Å². The molecule has 5 heteroatoms. The van der Waals surface area contributed by atoms with Gasteiger partial charge in [-0.3, -0.25) is 4.79 Å². The van der Waals surface area contributed by atoms with Gasteiger partial charge in [-0.2, -0.15) is 0 Å². The van der Waals surface area contributed by atoms with Crippen LogP contribution in [0.15, 0.2) is 0 Å². The van der Waals surface area contributed by atoms with E-state index in [1.165, 1.54) is 6.92 Å². The Morgan fingerprint density at radius 2 is 2.12 bits per heavy atom. The van der Waals surface area contributed by atoms with Crippen LogP contribution in [0.5, 0.6) is 0 Å². The topological polar surface area (TPSA) is 54.0 Å². The van der Waals surface area contributed by atoms with E-state index in [1.54, 1.807) is 0 Å². The van der Waals surface area contributed by atoms with Crippen molar-refractivity contribution in [1.29, 1.82) is 0 Å². The van der Waals surface area contributed by atoms with Gasteiger partial charge in [-0.15, -0.1) is 0 Å². The molecule has 0 spiro atoms. The minimum Gasteiger partial charge on any atom is -0.460 e. The molecule has 2 saturated heterocycles. The first-order chi connectivity index (χ1) is 7.37. The molecule has 0 aromatic carbocycles. The van der Waals surface area contributed by atoms with Crippen LogP contribution in [0.4, 0.5) is 0 Å². The summed E-state index contributed by atoms with van der Waals surface area (Å²) in [5, 5.41) is 0. The van der Waals surface area contributed by atoms with E-state index in [9.17, 15) is 4.79 Å². The second kappa shape index (κ2) is 3.98. The summed E-state index contributed by atoms with van der Waals surface area (Å²) in [5.41, 5.74) is 0. The third kappa shape index (κ3) is 2.36. The van der Waals surface area contributed by atoms with Crippen LogP contribution >= 0.6 is 0 Å². The van der Waals surface area contributed by atoms with Gasteiger partial charge in [-0.1, -0.05) is 0 Å². The Bertz CT molecular complexity index is 272. The molecule has 0 unspecified atom stereocenters. The molecule has 0 aromatic rings. The van der Waals surface area contributed by atoms with Crippen molar-refractivity contribution in [3.8, 4) is 0 Å². The highest BCUT2D eigenvalue weighted by atomic mass is 16.8. The zero-order valence-corrected chi connectivity index (χ0v) is 10.1. The van der Waals surface area contributed by atoms with Gasteiger partial charge in [-0.25, -0.2) is 0 Å². The molecule has 16 heavy (non-hydrogen) atoms. The predicted molar refractivity (Wildman–Crippen MR) is 54.5 cm³/mol. The molecule has 2 aliphatic rings. The SMILES string of the molecule is CC(=O)O[C@@H](C)[C@@H]1C[C@H]2OC(C)(C)O[C@H]2O1. The molecule has 5 nitrogen and oxygen atoms in total. The quantitative estimate of drug-likeness (QED) is 0.667. The lowest BCUT2D eigenvalue weighted by Crippen LogP contribution is -2.31. The van der Waals surface area contributed by atoms with Crippen molar-refractivity contribution in [3.05, 3.63) is 0 Å². The lowest BCUT2D eigenvalue weighted by Gasteiger charge is -2.23. The summed E-state index contributed by atoms with van der Waals surface area (Å²) < 4.78 is 22.0. The van der Waals surface area contributed by atoms with Crippen molar-refractivity contribution < 1.29 is 23.7 Å². The van der Waals surface area contributed by atoms with Crippen LogP contribution in [0.3, 0.4) is 0 Å². The number of hydrogen-bond acceptors (Lipinski definition) is 5. The van der Waals surface area contributed by atoms with E-state index < -0.39 is 5.79 Å². The highest BCUT2D eigenvalue weighted by Gasteiger charge is 2.50. The molecule has 4 atom stereocenters. The average Bonchev–Trinajstić information content (AvgIpc) is 2.55. The summed E-state index contributed by atoms with van der Waals surface area (Å²) in [7, 11) is 0. The molecule has 0 N–H and O–H groups in total. The maximum atomic E-state index is 10.8. The molecule has 2 heterocycles. The third-order valence-electron chi connectivity index (χ3n) is 2.79. The highest BCUT2D eigenvalue weighted by Crippen LogP contribution is 2.38. The number of carbonyl (C=O) groups is 1. The summed E-state index contributed by atoms with van der Waals surface area (Å²) in [5.74, 6) is -0.874. The zero-order chi connectivity index (χ0) is 11.9. The summed E-state index contributed by atoms with van der Waals surface area (Å²) >= 11 is 0. The molecule has 0 saturated carbocycles. The maximum absolute atomic E-state index is 10.8. The molecule has 0 radical (unpaired) electrons. The minimum absolute atomic E-state index is 0.0574. The van der Waals surface area contributed by atoms with Gasteiger partial charge < -0.3 is 18.9 Å². The van der Waals surface area contributed by atoms with Crippen LogP contribution in [0.1, 0.15) is 34.1 Å². The van der Waals surface area contributed by atoms with Crippen molar-refractivity contribution >= 4 is 5.97 Å². The lowest BCUT2D eigenvalue weighted by atomic mass is 10.1. The number of rotatable bonds is 2. The van der Waals surface area contributed by atoms with Gasteiger partial charge in [0.25, 0.3) is 0 Å². The molecule has 0 aliphatic carbocycles. The van der Waals surface area contributed by atoms with Crippen molar-refractivity contribution in [3.63, 3.8) is 0 Å². The maximum Gasteiger partial charge on any atom is 0.302 e. The fourth-order valence-corrected chi connectivity index (χ4v) is 2.17. The number of hydrogen-bond donors (Lipinski definition) is 0. The van der Waals surface area contributed by atoms with Crippen LogP contribution < -0.4 is 0 Å². The van der Waals surface area contributed by atoms with Gasteiger partial charge in [0.1, 0.15) is 18.3 Å². The molecule has 2 rings (SSSR count). The van der Waals surface area contributed by atoms with Crippen LogP contribution in [-0.2, 0) is 23.7 Å². The fourth-order valence-electron chi connectivity index (χ4n) is 2.17. The minimum atomic E-state index is -0.578. The Hall–Kier alpha value is -0.650. The first-order valence-electron chi connectivity index (χ1n) is 5.56. The predicted octanol–water partition coefficient (Wildman–Crippen LogP) is 1.20. The second-order valence-corrected chi connectivity index (χ2v) is 4.77. The van der Waals surface area contributed by atoms with Crippen LogP contribution in [0.2, 0.25) is 0 Å². The Kier molecular flexibility index (Phi) is 2.94. The first-order valence-corrected chi connectivity index (χ1v) is 5.56. The monoisotopic (exact) mass is 230 g/mol. The third-order valence-corrected chi connectivity index (χ3v) is 2.79. The van der Waals surface area contributed by atoms with E-state index in [4.69, 9.17) is 18.9 Å². The lowest BCUT2D eigenvalue weighted by molar-refractivity contribution is -0.216. The Balaban J connectivity index is 1.89. The largest absolute Gasteiger partial charge is 0.460 e. The molecule has 0 amide bonds. The Morgan fingerprint density at radius 1 is 1.44 bits per heavy atom. The number of esters is 1. The standard InChI is InChI=1S/C11H18O5/c1-6(13-7(2)12)8-5-9-10(14-8)16-11(3,4)15-9/h6,8-10H,5H2,1-4H3/t6-,8-,9+,10+/m0/s1. The Morgan fingerprint density at radius 3 is 2.69 bits per heavy atom. The van der Waals surface area contributed by atoms with E-state index >= 15 is 0 Å². The van der Waals surface area contributed by atoms with Crippen LogP contribution in [0.25, 0.3) is 0 Å². The van der Waals surface area contributed by atoms with Gasteiger partial charge in [0.2, 0.25) is 0 Å². The summed E-state index contributed by atoms with van der Waals surface area (Å²) in [6, 6.07) is 0. The summed E-state index contributed by atoms with van der Waals surface area (Å²) in [4.78, 5) is 10.8. The van der Waals surface area contributed by atoms with Crippen molar-refractivity contribution in [2.75, 3.05) is 0 Å². The van der Waals surface area contributed by atoms with Crippen molar-refractivity contribution in [1.82, 2.24) is 0 Å². The average molecular weight is 230 g/mol. The normalized spacial score (nSPS) is 38.1. The zero-order valence-electron chi connectivity index (χ0n) is 10.1. The van der Waals surface area contributed by atoms with Crippen molar-refractivity contribution in [2.24, 2.45) is 0 Å². The smallest absolute Gasteiger partial charge is 0.302 e. The van der Waals surface area contributed by atoms with E-state index in [-0.39, 0.29) is 30.6 Å². The number of carbonyl (C=O) groups excluding carboxylic acids is 1. The second-order valence-electron chi connectivity index (χ2n) is 4.77. The van der Waals surface area contributed by atoms with Gasteiger partial charge in [0.05, 0.1) is 0 Å². The molecular formula is C11H18O5. The van der Waals surface area contributed by atoms with E-state index in [0.29, 0.717) is 6.42 Å². The van der Waals surface area contributed by atoms with E-state index in [2.05, 4.69) is 0 Å². The highest BCUT2D eigenvalue weighted by molar-refractivity contribution is 5.66. The molecule has 92 valence electrons. The van der Waals surface area contributed by atoms with E-state index in [0.717, 1.165) is 0 Å².